The van der Waals surface area contributed by atoms with Crippen molar-refractivity contribution in [3.63, 3.8) is 0 Å². The van der Waals surface area contributed by atoms with Crippen molar-refractivity contribution in [1.29, 1.82) is 0 Å². The van der Waals surface area contributed by atoms with Crippen LogP contribution in [-0.4, -0.2) is 32.3 Å². The number of rotatable bonds is 9. The first-order valence-corrected chi connectivity index (χ1v) is 12.3. The molecule has 0 fully saturated rings. The zero-order chi connectivity index (χ0) is 24.0. The number of para-hydroxylation sites is 1. The number of benzene rings is 3. The maximum absolute atomic E-state index is 13.4. The van der Waals surface area contributed by atoms with Gasteiger partial charge in [0.1, 0.15) is 5.75 Å². The third kappa shape index (κ3) is 6.48. The molecule has 0 aromatic heterocycles. The van der Waals surface area contributed by atoms with Crippen LogP contribution in [0.2, 0.25) is 10.0 Å². The quantitative estimate of drug-likeness (QED) is 0.439. The summed E-state index contributed by atoms with van der Waals surface area (Å²) in [5.74, 6) is 0.183. The van der Waals surface area contributed by atoms with E-state index in [1.54, 1.807) is 37.4 Å². The topological polar surface area (TPSA) is 75.7 Å². The predicted molar refractivity (Wildman–Crippen MR) is 130 cm³/mol. The second kappa shape index (κ2) is 11.0. The van der Waals surface area contributed by atoms with Gasteiger partial charge in [-0.1, -0.05) is 53.5 Å². The first-order chi connectivity index (χ1) is 15.7. The van der Waals surface area contributed by atoms with Crippen LogP contribution in [0, 0.1) is 0 Å². The highest BCUT2D eigenvalue weighted by Gasteiger charge is 2.28. The molecule has 0 saturated carbocycles. The number of carbonyl (C=O) groups is 1. The molecule has 3 aromatic carbocycles. The maximum Gasteiger partial charge on any atom is 0.243 e. The average Bonchev–Trinajstić information content (AvgIpc) is 2.79. The molecule has 0 saturated heterocycles. The minimum Gasteiger partial charge on any atom is -0.496 e. The fraction of sp³-hybridized carbons (Fsp3) is 0.208. The molecule has 1 amide bonds. The lowest BCUT2D eigenvalue weighted by atomic mass is 10.1. The molecule has 0 aliphatic heterocycles. The summed E-state index contributed by atoms with van der Waals surface area (Å²) in [7, 11) is -2.44. The molecule has 0 aliphatic carbocycles. The number of sulfonamides is 1. The Balaban J connectivity index is 1.85. The molecule has 6 nitrogen and oxygen atoms in total. The summed E-state index contributed by atoms with van der Waals surface area (Å²) in [5.41, 5.74) is 1.45. The Morgan fingerprint density at radius 2 is 1.70 bits per heavy atom. The number of halogens is 2. The normalized spacial score (nSPS) is 12.4. The summed E-state index contributed by atoms with van der Waals surface area (Å²) in [4.78, 5) is 13.0. The second-order valence-corrected chi connectivity index (χ2v) is 10.2. The lowest BCUT2D eigenvalue weighted by Crippen LogP contribution is -2.41. The van der Waals surface area contributed by atoms with Gasteiger partial charge in [-0.15, -0.1) is 0 Å². The van der Waals surface area contributed by atoms with Gasteiger partial charge in [-0.25, -0.2) is 8.42 Å². The van der Waals surface area contributed by atoms with E-state index >= 15 is 0 Å². The molecular formula is C24H24Cl2N2O4S. The van der Waals surface area contributed by atoms with Crippen molar-refractivity contribution < 1.29 is 17.9 Å². The molecule has 0 aliphatic rings. The fourth-order valence-corrected chi connectivity index (χ4v) is 5.09. The number of methoxy groups -OCH3 is 1. The number of nitrogens with zero attached hydrogens (tertiary/aromatic N) is 1. The van der Waals surface area contributed by atoms with E-state index in [-0.39, 0.29) is 24.0 Å². The molecule has 0 radical (unpaired) electrons. The molecule has 0 bridgehead atoms. The number of ether oxygens (including phenoxy) is 1. The Kier molecular flexibility index (Phi) is 8.37. The van der Waals surface area contributed by atoms with Gasteiger partial charge in [0.25, 0.3) is 0 Å². The van der Waals surface area contributed by atoms with Gasteiger partial charge in [0, 0.05) is 22.2 Å². The van der Waals surface area contributed by atoms with Crippen LogP contribution < -0.4 is 10.1 Å². The van der Waals surface area contributed by atoms with Crippen molar-refractivity contribution in [1.82, 2.24) is 9.62 Å². The minimum absolute atomic E-state index is 0.0258. The van der Waals surface area contributed by atoms with Gasteiger partial charge in [0.15, 0.2) is 0 Å². The molecule has 3 aromatic rings. The van der Waals surface area contributed by atoms with Crippen LogP contribution in [0.25, 0.3) is 0 Å². The summed E-state index contributed by atoms with van der Waals surface area (Å²) < 4.78 is 33.2. The Morgan fingerprint density at radius 1 is 1.00 bits per heavy atom. The van der Waals surface area contributed by atoms with E-state index < -0.39 is 15.9 Å². The van der Waals surface area contributed by atoms with E-state index in [4.69, 9.17) is 27.9 Å². The molecule has 1 atom stereocenters. The zero-order valence-corrected chi connectivity index (χ0v) is 20.5. The molecular weight excluding hydrogens is 483 g/mol. The number of amides is 1. The van der Waals surface area contributed by atoms with Crippen LogP contribution >= 0.6 is 23.2 Å². The Labute approximate surface area is 204 Å². The molecule has 33 heavy (non-hydrogen) atoms. The highest BCUT2D eigenvalue weighted by atomic mass is 35.5. The highest BCUT2D eigenvalue weighted by Crippen LogP contribution is 2.25. The molecule has 0 heterocycles. The van der Waals surface area contributed by atoms with Crippen molar-refractivity contribution >= 4 is 39.1 Å². The smallest absolute Gasteiger partial charge is 0.243 e. The van der Waals surface area contributed by atoms with E-state index in [0.29, 0.717) is 21.4 Å². The van der Waals surface area contributed by atoms with E-state index in [1.807, 2.05) is 25.1 Å². The number of hydrogen-bond donors (Lipinski definition) is 1. The van der Waals surface area contributed by atoms with Crippen LogP contribution in [0.1, 0.15) is 24.1 Å². The summed E-state index contributed by atoms with van der Waals surface area (Å²) in [6.07, 6.45) is 0. The molecule has 3 rings (SSSR count). The van der Waals surface area contributed by atoms with Gasteiger partial charge in [0.05, 0.1) is 24.6 Å². The third-order valence-corrected chi connectivity index (χ3v) is 7.30. The summed E-state index contributed by atoms with van der Waals surface area (Å²) in [6, 6.07) is 19.6. The van der Waals surface area contributed by atoms with Gasteiger partial charge >= 0.3 is 0 Å². The van der Waals surface area contributed by atoms with Crippen molar-refractivity contribution in [2.75, 3.05) is 13.7 Å². The number of nitrogens with one attached hydrogen (secondary N) is 1. The van der Waals surface area contributed by atoms with E-state index in [0.717, 1.165) is 9.87 Å². The average molecular weight is 507 g/mol. The second-order valence-electron chi connectivity index (χ2n) is 7.39. The van der Waals surface area contributed by atoms with Crippen molar-refractivity contribution in [2.24, 2.45) is 0 Å². The van der Waals surface area contributed by atoms with Gasteiger partial charge in [-0.05, 0) is 55.0 Å². The summed E-state index contributed by atoms with van der Waals surface area (Å²) in [5, 5.41) is 3.75. The minimum atomic E-state index is -3.99. The number of carbonyl (C=O) groups excluding carboxylic acids is 1. The van der Waals surface area contributed by atoms with E-state index in [2.05, 4.69) is 5.32 Å². The van der Waals surface area contributed by atoms with Crippen molar-refractivity contribution in [3.05, 3.63) is 94.0 Å². The molecule has 9 heteroatoms. The lowest BCUT2D eigenvalue weighted by molar-refractivity contribution is -0.122. The third-order valence-electron chi connectivity index (χ3n) is 5.00. The molecule has 0 spiro atoms. The van der Waals surface area contributed by atoms with Gasteiger partial charge in [-0.3, -0.25) is 4.79 Å². The maximum atomic E-state index is 13.4. The number of hydrogen-bond acceptors (Lipinski definition) is 4. The standard InChI is InChI=1S/C24H24Cl2N2O4S/c1-17(22-8-3-4-9-23(22)32-2)27-24(29)16-28(15-18-6-5-7-20(26)14-18)33(30,31)21-12-10-19(25)11-13-21/h3-14,17H,15-16H2,1-2H3,(H,27,29)/t17-/m1/s1. The van der Waals surface area contributed by atoms with Crippen molar-refractivity contribution in [3.8, 4) is 5.75 Å². The van der Waals surface area contributed by atoms with E-state index in [1.165, 1.54) is 24.3 Å². The first kappa shape index (κ1) is 25.1. The lowest BCUT2D eigenvalue weighted by Gasteiger charge is -2.24. The van der Waals surface area contributed by atoms with Gasteiger partial charge in [-0.2, -0.15) is 4.31 Å². The first-order valence-electron chi connectivity index (χ1n) is 10.1. The van der Waals surface area contributed by atoms with Crippen LogP contribution in [0.3, 0.4) is 0 Å². The van der Waals surface area contributed by atoms with Gasteiger partial charge < -0.3 is 10.1 Å². The summed E-state index contributed by atoms with van der Waals surface area (Å²) >= 11 is 12.0. The Bertz CT molecular complexity index is 1220. The zero-order valence-electron chi connectivity index (χ0n) is 18.2. The van der Waals surface area contributed by atoms with Crippen LogP contribution in [-0.2, 0) is 21.4 Å². The fourth-order valence-electron chi connectivity index (χ4n) is 3.37. The largest absolute Gasteiger partial charge is 0.496 e. The van der Waals surface area contributed by atoms with Crippen LogP contribution in [0.15, 0.2) is 77.7 Å². The van der Waals surface area contributed by atoms with Gasteiger partial charge in [0.2, 0.25) is 15.9 Å². The monoisotopic (exact) mass is 506 g/mol. The molecule has 0 unspecified atom stereocenters. The molecule has 174 valence electrons. The van der Waals surface area contributed by atoms with E-state index in [9.17, 15) is 13.2 Å². The Morgan fingerprint density at radius 3 is 2.36 bits per heavy atom. The van der Waals surface area contributed by atoms with Crippen LogP contribution in [0.5, 0.6) is 5.75 Å². The Hall–Kier alpha value is -2.58. The highest BCUT2D eigenvalue weighted by molar-refractivity contribution is 7.89. The van der Waals surface area contributed by atoms with Crippen molar-refractivity contribution in [2.45, 2.75) is 24.4 Å². The summed E-state index contributed by atoms with van der Waals surface area (Å²) in [6.45, 7) is 1.41. The predicted octanol–water partition coefficient (Wildman–Crippen LogP) is 5.07. The SMILES string of the molecule is COc1ccccc1[C@@H](C)NC(=O)CN(Cc1cccc(Cl)c1)S(=O)(=O)c1ccc(Cl)cc1. The van der Waals surface area contributed by atoms with Crippen LogP contribution in [0.4, 0.5) is 0 Å². The molecule has 1 N–H and O–H groups in total.